The fourth-order valence-corrected chi connectivity index (χ4v) is 3.65. The van der Waals surface area contributed by atoms with Gasteiger partial charge in [-0.2, -0.15) is 0 Å². The summed E-state index contributed by atoms with van der Waals surface area (Å²) in [5.41, 5.74) is -0.0597. The Morgan fingerprint density at radius 2 is 2.22 bits per heavy atom. The van der Waals surface area contributed by atoms with Gasteiger partial charge in [-0.3, -0.25) is 9.59 Å². The number of pyridine rings is 1. The first-order chi connectivity index (χ1) is 11.0. The number of anilines is 1. The van der Waals surface area contributed by atoms with Crippen LogP contribution in [0.2, 0.25) is 0 Å². The predicted molar refractivity (Wildman–Crippen MR) is 87.7 cm³/mol. The number of hydrogen-bond acceptors (Lipinski definition) is 6. The highest BCUT2D eigenvalue weighted by molar-refractivity contribution is 8.01. The highest BCUT2D eigenvalue weighted by Crippen LogP contribution is 2.32. The zero-order valence-corrected chi connectivity index (χ0v) is 13.1. The van der Waals surface area contributed by atoms with E-state index in [9.17, 15) is 19.1 Å². The molecule has 6 nitrogen and oxygen atoms in total. The molecule has 0 aliphatic rings. The highest BCUT2D eigenvalue weighted by atomic mass is 32.2. The molecular formula is C14H10FN3O3S2. The third kappa shape index (κ3) is 3.51. The molecule has 0 saturated heterocycles. The monoisotopic (exact) mass is 351 g/mol. The van der Waals surface area contributed by atoms with Crippen LogP contribution in [0.4, 0.5) is 10.1 Å². The van der Waals surface area contributed by atoms with Crippen molar-refractivity contribution in [1.82, 2.24) is 9.97 Å². The lowest BCUT2D eigenvalue weighted by atomic mass is 10.3. The molecular weight excluding hydrogens is 341 g/mol. The van der Waals surface area contributed by atoms with Gasteiger partial charge in [-0.25, -0.2) is 9.37 Å². The normalized spacial score (nSPS) is 10.8. The molecule has 2 aromatic heterocycles. The molecule has 0 spiro atoms. The first-order valence-electron chi connectivity index (χ1n) is 6.43. The van der Waals surface area contributed by atoms with Crippen LogP contribution in [0.25, 0.3) is 10.3 Å². The van der Waals surface area contributed by atoms with Crippen molar-refractivity contribution >= 4 is 45.0 Å². The minimum absolute atomic E-state index is 0.0269. The Hall–Kier alpha value is -2.39. The van der Waals surface area contributed by atoms with Crippen molar-refractivity contribution in [2.45, 2.75) is 4.34 Å². The third-order valence-corrected chi connectivity index (χ3v) is 5.05. The molecule has 0 unspecified atom stereocenters. The maximum absolute atomic E-state index is 13.4. The molecule has 3 N–H and O–H groups in total. The van der Waals surface area contributed by atoms with Crippen LogP contribution in [0.1, 0.15) is 0 Å². The molecule has 1 amide bonds. The molecule has 0 fully saturated rings. The quantitative estimate of drug-likeness (QED) is 0.628. The van der Waals surface area contributed by atoms with E-state index < -0.39 is 11.4 Å². The van der Waals surface area contributed by atoms with E-state index >= 15 is 0 Å². The van der Waals surface area contributed by atoms with Gasteiger partial charge in [0, 0.05) is 6.07 Å². The number of amides is 1. The number of thiazole rings is 1. The van der Waals surface area contributed by atoms with Crippen molar-refractivity contribution in [3.05, 3.63) is 46.5 Å². The van der Waals surface area contributed by atoms with Gasteiger partial charge in [0.25, 0.3) is 5.56 Å². The van der Waals surface area contributed by atoms with Crippen LogP contribution in [0.3, 0.4) is 0 Å². The minimum atomic E-state index is -0.506. The summed E-state index contributed by atoms with van der Waals surface area (Å²) in [4.78, 5) is 29.8. The third-order valence-electron chi connectivity index (χ3n) is 2.82. The Morgan fingerprint density at radius 1 is 1.43 bits per heavy atom. The van der Waals surface area contributed by atoms with E-state index in [0.29, 0.717) is 9.04 Å². The minimum Gasteiger partial charge on any atom is -0.506 e. The van der Waals surface area contributed by atoms with Gasteiger partial charge >= 0.3 is 0 Å². The average molecular weight is 351 g/mol. The van der Waals surface area contributed by atoms with Gasteiger partial charge in [-0.05, 0) is 12.1 Å². The highest BCUT2D eigenvalue weighted by Gasteiger charge is 2.12. The van der Waals surface area contributed by atoms with Crippen molar-refractivity contribution in [1.29, 1.82) is 0 Å². The first kappa shape index (κ1) is 15.5. The van der Waals surface area contributed by atoms with E-state index in [1.807, 2.05) is 0 Å². The van der Waals surface area contributed by atoms with Crippen molar-refractivity contribution in [2.24, 2.45) is 0 Å². The Bertz CT molecular complexity index is 938. The van der Waals surface area contributed by atoms with Crippen LogP contribution >= 0.6 is 23.1 Å². The van der Waals surface area contributed by atoms with Gasteiger partial charge in [0.15, 0.2) is 9.99 Å². The number of benzene rings is 1. The Kier molecular flexibility index (Phi) is 4.30. The first-order valence-corrected chi connectivity index (χ1v) is 8.23. The Morgan fingerprint density at radius 3 is 3.00 bits per heavy atom. The topological polar surface area (TPSA) is 95.1 Å². The number of rotatable bonds is 4. The second kappa shape index (κ2) is 6.39. The van der Waals surface area contributed by atoms with Gasteiger partial charge < -0.3 is 15.4 Å². The molecule has 23 heavy (non-hydrogen) atoms. The number of aromatic amines is 1. The number of aromatic nitrogens is 2. The summed E-state index contributed by atoms with van der Waals surface area (Å²) in [6.45, 7) is 0. The number of carbonyl (C=O) groups excluding carboxylic acids is 1. The lowest BCUT2D eigenvalue weighted by Crippen LogP contribution is -2.14. The second-order valence-electron chi connectivity index (χ2n) is 4.49. The predicted octanol–water partition coefficient (Wildman–Crippen LogP) is 2.56. The summed E-state index contributed by atoms with van der Waals surface area (Å²) in [5.74, 6) is -1.01. The van der Waals surface area contributed by atoms with Crippen LogP contribution < -0.4 is 10.9 Å². The van der Waals surface area contributed by atoms with E-state index in [0.717, 1.165) is 29.2 Å². The number of hydrogen-bond donors (Lipinski definition) is 3. The zero-order chi connectivity index (χ0) is 16.4. The van der Waals surface area contributed by atoms with E-state index in [1.54, 1.807) is 6.07 Å². The van der Waals surface area contributed by atoms with Crippen molar-refractivity contribution in [3.8, 4) is 5.75 Å². The molecule has 118 valence electrons. The van der Waals surface area contributed by atoms with Crippen LogP contribution in [0.15, 0.2) is 39.5 Å². The number of fused-ring (bicyclic) bond motifs is 1. The Labute approximate surface area is 137 Å². The molecule has 3 rings (SSSR count). The van der Waals surface area contributed by atoms with Crippen LogP contribution in [0, 0.1) is 5.82 Å². The van der Waals surface area contributed by atoms with E-state index in [1.165, 1.54) is 18.2 Å². The number of halogens is 1. The molecule has 1 aromatic carbocycles. The second-order valence-corrected chi connectivity index (χ2v) is 6.71. The Balaban J connectivity index is 1.68. The van der Waals surface area contributed by atoms with Crippen LogP contribution in [0.5, 0.6) is 5.75 Å². The maximum Gasteiger partial charge on any atom is 0.253 e. The molecule has 9 heteroatoms. The number of H-pyrrole nitrogens is 1. The van der Waals surface area contributed by atoms with Crippen molar-refractivity contribution in [3.63, 3.8) is 0 Å². The smallest absolute Gasteiger partial charge is 0.253 e. The molecule has 0 aliphatic heterocycles. The summed E-state index contributed by atoms with van der Waals surface area (Å²) < 4.78 is 14.4. The molecule has 3 aromatic rings. The van der Waals surface area contributed by atoms with Gasteiger partial charge in [-0.15, -0.1) is 11.3 Å². The van der Waals surface area contributed by atoms with Crippen LogP contribution in [-0.2, 0) is 4.79 Å². The molecule has 2 heterocycles. The summed E-state index contributed by atoms with van der Waals surface area (Å²) in [5, 5.41) is 12.2. The number of thioether (sulfide) groups is 1. The summed E-state index contributed by atoms with van der Waals surface area (Å²) >= 11 is 2.30. The van der Waals surface area contributed by atoms with Gasteiger partial charge in [0.2, 0.25) is 5.91 Å². The molecule has 0 bridgehead atoms. The van der Waals surface area contributed by atoms with Gasteiger partial charge in [-0.1, -0.05) is 23.9 Å². The molecule has 0 radical (unpaired) electrons. The fourth-order valence-electron chi connectivity index (χ4n) is 1.84. The zero-order valence-electron chi connectivity index (χ0n) is 11.5. The van der Waals surface area contributed by atoms with E-state index in [2.05, 4.69) is 15.3 Å². The lowest BCUT2D eigenvalue weighted by Gasteiger charge is -2.04. The van der Waals surface area contributed by atoms with Crippen molar-refractivity contribution in [2.75, 3.05) is 11.1 Å². The average Bonchev–Trinajstić information content (AvgIpc) is 2.91. The summed E-state index contributed by atoms with van der Waals surface area (Å²) in [6, 6.07) is 6.96. The number of aromatic hydroxyl groups is 1. The lowest BCUT2D eigenvalue weighted by molar-refractivity contribution is -0.113. The largest absolute Gasteiger partial charge is 0.506 e. The SMILES string of the molecule is O=C(CSc1nc2[nH]c(=O)cc(O)c2s1)Nc1ccccc1F. The van der Waals surface area contributed by atoms with Crippen molar-refractivity contribution < 1.29 is 14.3 Å². The number of para-hydroxylation sites is 1. The summed E-state index contributed by atoms with van der Waals surface area (Å²) in [7, 11) is 0. The number of nitrogens with one attached hydrogen (secondary N) is 2. The maximum atomic E-state index is 13.4. The fraction of sp³-hybridized carbons (Fsp3) is 0.0714. The van der Waals surface area contributed by atoms with E-state index in [4.69, 9.17) is 0 Å². The molecule has 0 saturated carbocycles. The molecule has 0 aliphatic carbocycles. The van der Waals surface area contributed by atoms with Crippen LogP contribution in [-0.4, -0.2) is 26.7 Å². The summed E-state index contributed by atoms with van der Waals surface area (Å²) in [6.07, 6.45) is 0. The molecule has 0 atom stereocenters. The van der Waals surface area contributed by atoms with Gasteiger partial charge in [0.1, 0.15) is 16.3 Å². The number of nitrogens with zero attached hydrogens (tertiary/aromatic N) is 1. The standard InChI is InChI=1S/C14H10FN3O3S2/c15-7-3-1-2-4-8(7)16-11(21)6-22-14-18-13-12(23-14)9(19)5-10(20)17-13/h1-5H,6H2,(H,16,21)(H2,17,19,20). The van der Waals surface area contributed by atoms with Gasteiger partial charge in [0.05, 0.1) is 11.4 Å². The number of carbonyl (C=O) groups is 1. The van der Waals surface area contributed by atoms with E-state index in [-0.39, 0.29) is 28.7 Å².